The van der Waals surface area contributed by atoms with E-state index in [4.69, 9.17) is 20.8 Å². The zero-order valence-corrected chi connectivity index (χ0v) is 22.4. The molecule has 13 heteroatoms. The van der Waals surface area contributed by atoms with Gasteiger partial charge in [0.2, 0.25) is 5.91 Å². The molecule has 4 rings (SSSR count). The molecule has 38 heavy (non-hydrogen) atoms. The standard InChI is InChI=1S/C22H24N6O4S.C3H5NO/c1-13-16-17(29)27(22(2,3)20(23)30)21(31)26(12-9-14-7-5-6-8-15(14)32-4)19(16)33-18(13)28-24-10-11-25-28;4-2-1-3-5/h5-8,10-11H,9,12H2,1-4H3,(H2,23,30);5H,1,3H2. The number of aryl methyl sites for hydroxylation is 3. The lowest BCUT2D eigenvalue weighted by molar-refractivity contribution is -0.125. The van der Waals surface area contributed by atoms with Crippen LogP contribution in [0.3, 0.4) is 0 Å². The minimum Gasteiger partial charge on any atom is -0.496 e. The first kappa shape index (κ1) is 28.3. The average Bonchev–Trinajstić information content (AvgIpc) is 3.53. The number of hydrogen-bond donors (Lipinski definition) is 2. The van der Waals surface area contributed by atoms with Crippen molar-refractivity contribution in [1.29, 1.82) is 5.26 Å². The van der Waals surface area contributed by atoms with E-state index in [9.17, 15) is 14.4 Å². The Morgan fingerprint density at radius 3 is 2.45 bits per heavy atom. The number of rotatable bonds is 8. The number of para-hydroxylation sites is 1. The Morgan fingerprint density at radius 1 is 1.24 bits per heavy atom. The number of nitrogens with zero attached hydrogens (tertiary/aromatic N) is 6. The molecule has 1 aromatic carbocycles. The molecule has 0 spiro atoms. The minimum absolute atomic E-state index is 0.0174. The van der Waals surface area contributed by atoms with Crippen LogP contribution in [-0.4, -0.2) is 48.9 Å². The van der Waals surface area contributed by atoms with E-state index in [-0.39, 0.29) is 19.6 Å². The molecule has 0 saturated carbocycles. The summed E-state index contributed by atoms with van der Waals surface area (Å²) < 4.78 is 7.89. The number of primary amides is 1. The van der Waals surface area contributed by atoms with Crippen molar-refractivity contribution >= 4 is 27.5 Å². The second-order valence-corrected chi connectivity index (χ2v) is 9.70. The van der Waals surface area contributed by atoms with Crippen molar-refractivity contribution in [3.63, 3.8) is 0 Å². The van der Waals surface area contributed by atoms with E-state index >= 15 is 0 Å². The lowest BCUT2D eigenvalue weighted by atomic mass is 10.0. The fourth-order valence-corrected chi connectivity index (χ4v) is 5.07. The van der Waals surface area contributed by atoms with Gasteiger partial charge in [0.05, 0.1) is 44.0 Å². The maximum atomic E-state index is 13.6. The minimum atomic E-state index is -1.52. The van der Waals surface area contributed by atoms with Crippen molar-refractivity contribution in [2.75, 3.05) is 13.7 Å². The van der Waals surface area contributed by atoms with Crippen molar-refractivity contribution in [2.45, 2.75) is 45.7 Å². The molecule has 12 nitrogen and oxygen atoms in total. The quantitative estimate of drug-likeness (QED) is 0.339. The Kier molecular flexibility index (Phi) is 8.82. The number of nitrogens with two attached hydrogens (primary N) is 1. The Bertz CT molecular complexity index is 1590. The summed E-state index contributed by atoms with van der Waals surface area (Å²) in [6.07, 6.45) is 3.79. The number of thiophene rings is 1. The largest absolute Gasteiger partial charge is 0.496 e. The van der Waals surface area contributed by atoms with Crippen LogP contribution in [0.5, 0.6) is 5.75 Å². The Balaban J connectivity index is 0.000000732. The highest BCUT2D eigenvalue weighted by Crippen LogP contribution is 2.31. The summed E-state index contributed by atoms with van der Waals surface area (Å²) in [5.41, 5.74) is 4.41. The highest BCUT2D eigenvalue weighted by atomic mass is 32.1. The van der Waals surface area contributed by atoms with Crippen LogP contribution in [0.2, 0.25) is 0 Å². The summed E-state index contributed by atoms with van der Waals surface area (Å²) in [5, 5.41) is 24.8. The summed E-state index contributed by atoms with van der Waals surface area (Å²) in [6.45, 7) is 4.95. The van der Waals surface area contributed by atoms with Gasteiger partial charge in [-0.05, 0) is 38.8 Å². The predicted molar refractivity (Wildman–Crippen MR) is 143 cm³/mol. The van der Waals surface area contributed by atoms with Crippen molar-refractivity contribution in [1.82, 2.24) is 24.1 Å². The summed E-state index contributed by atoms with van der Waals surface area (Å²) in [5.74, 6) is -0.0736. The molecule has 0 aliphatic heterocycles. The number of aliphatic hydroxyl groups excluding tert-OH is 1. The van der Waals surface area contributed by atoms with Crippen LogP contribution < -0.4 is 21.7 Å². The average molecular weight is 540 g/mol. The monoisotopic (exact) mass is 539 g/mol. The number of benzene rings is 1. The third-order valence-corrected chi connectivity index (χ3v) is 7.25. The summed E-state index contributed by atoms with van der Waals surface area (Å²) >= 11 is 1.25. The maximum absolute atomic E-state index is 13.6. The van der Waals surface area contributed by atoms with Crippen LogP contribution in [0, 0.1) is 18.3 Å². The van der Waals surface area contributed by atoms with Gasteiger partial charge in [0, 0.05) is 12.1 Å². The number of ether oxygens (including phenoxy) is 1. The molecule has 3 heterocycles. The predicted octanol–water partition coefficient (Wildman–Crippen LogP) is 1.48. The van der Waals surface area contributed by atoms with Gasteiger partial charge in [-0.15, -0.1) is 4.80 Å². The van der Waals surface area contributed by atoms with E-state index in [1.54, 1.807) is 20.1 Å². The van der Waals surface area contributed by atoms with E-state index in [0.29, 0.717) is 33.0 Å². The number of aliphatic hydroxyl groups is 1. The molecule has 0 saturated heterocycles. The van der Waals surface area contributed by atoms with E-state index in [2.05, 4.69) is 10.2 Å². The number of nitriles is 1. The number of aromatic nitrogens is 5. The number of methoxy groups -OCH3 is 1. The van der Waals surface area contributed by atoms with Crippen molar-refractivity contribution in [3.8, 4) is 16.8 Å². The number of carbonyl (C=O) groups excluding carboxylic acids is 1. The molecular formula is C25H29N7O5S. The van der Waals surface area contributed by atoms with Gasteiger partial charge in [-0.3, -0.25) is 14.2 Å². The van der Waals surface area contributed by atoms with E-state index in [1.165, 1.54) is 46.9 Å². The molecule has 0 aliphatic rings. The molecule has 3 aromatic heterocycles. The molecule has 3 N–H and O–H groups in total. The van der Waals surface area contributed by atoms with Crippen molar-refractivity contribution in [2.24, 2.45) is 5.73 Å². The molecule has 0 aliphatic carbocycles. The number of fused-ring (bicyclic) bond motifs is 1. The molecule has 0 radical (unpaired) electrons. The maximum Gasteiger partial charge on any atom is 0.333 e. The highest BCUT2D eigenvalue weighted by molar-refractivity contribution is 7.21. The van der Waals surface area contributed by atoms with Crippen LogP contribution in [0.4, 0.5) is 0 Å². The zero-order chi connectivity index (χ0) is 28.0. The summed E-state index contributed by atoms with van der Waals surface area (Å²) in [4.78, 5) is 41.2. The number of amides is 1. The van der Waals surface area contributed by atoms with Crippen LogP contribution in [0.25, 0.3) is 15.2 Å². The van der Waals surface area contributed by atoms with Crippen LogP contribution in [0.15, 0.2) is 46.2 Å². The fraction of sp³-hybridized carbons (Fsp3) is 0.360. The van der Waals surface area contributed by atoms with Gasteiger partial charge in [0.1, 0.15) is 21.1 Å². The topological polar surface area (TPSA) is 171 Å². The number of carbonyl (C=O) groups is 1. The highest BCUT2D eigenvalue weighted by Gasteiger charge is 2.33. The van der Waals surface area contributed by atoms with Crippen LogP contribution >= 0.6 is 11.3 Å². The molecule has 200 valence electrons. The first-order valence-electron chi connectivity index (χ1n) is 11.7. The third kappa shape index (κ3) is 5.36. The van der Waals surface area contributed by atoms with Crippen molar-refractivity contribution in [3.05, 3.63) is 68.6 Å². The lowest BCUT2D eigenvalue weighted by Gasteiger charge is -2.24. The van der Waals surface area contributed by atoms with Gasteiger partial charge in [-0.2, -0.15) is 15.5 Å². The van der Waals surface area contributed by atoms with E-state index in [1.807, 2.05) is 24.3 Å². The SMILES string of the molecule is COc1ccccc1CCn1c(=O)n(C(C)(C)C(N)=O)c(=O)c2c(C)c(-n3nccn3)sc21.N#CCCO. The second-order valence-electron chi connectivity index (χ2n) is 8.72. The summed E-state index contributed by atoms with van der Waals surface area (Å²) in [6, 6.07) is 9.30. The second kappa shape index (κ2) is 11.8. The van der Waals surface area contributed by atoms with Gasteiger partial charge >= 0.3 is 5.69 Å². The molecule has 4 aromatic rings. The van der Waals surface area contributed by atoms with Gasteiger partial charge in [-0.1, -0.05) is 29.5 Å². The molecule has 1 amide bonds. The first-order chi connectivity index (χ1) is 18.1. The Hall–Kier alpha value is -4.28. The smallest absolute Gasteiger partial charge is 0.333 e. The Labute approximate surface area is 222 Å². The van der Waals surface area contributed by atoms with Crippen molar-refractivity contribution < 1.29 is 14.6 Å². The van der Waals surface area contributed by atoms with Gasteiger partial charge in [0.15, 0.2) is 0 Å². The number of hydrogen-bond acceptors (Lipinski definition) is 9. The van der Waals surface area contributed by atoms with E-state index in [0.717, 1.165) is 10.1 Å². The van der Waals surface area contributed by atoms with Crippen LogP contribution in [0.1, 0.15) is 31.4 Å². The normalized spacial score (nSPS) is 11.1. The first-order valence-corrected chi connectivity index (χ1v) is 12.5. The zero-order valence-electron chi connectivity index (χ0n) is 21.5. The van der Waals surface area contributed by atoms with E-state index < -0.39 is 22.7 Å². The summed E-state index contributed by atoms with van der Waals surface area (Å²) in [7, 11) is 1.59. The lowest BCUT2D eigenvalue weighted by Crippen LogP contribution is -2.54. The molecular weight excluding hydrogens is 510 g/mol. The van der Waals surface area contributed by atoms with Crippen LogP contribution in [-0.2, 0) is 23.3 Å². The molecule has 0 bridgehead atoms. The molecule has 0 fully saturated rings. The Morgan fingerprint density at radius 2 is 1.89 bits per heavy atom. The fourth-order valence-electron chi connectivity index (χ4n) is 3.84. The van der Waals surface area contributed by atoms with Gasteiger partial charge in [-0.25, -0.2) is 9.36 Å². The molecule has 0 unspecified atom stereocenters. The van der Waals surface area contributed by atoms with Gasteiger partial charge in [0.25, 0.3) is 5.56 Å². The van der Waals surface area contributed by atoms with Gasteiger partial charge < -0.3 is 15.6 Å². The molecule has 0 atom stereocenters. The third-order valence-electron chi connectivity index (χ3n) is 5.97.